The molecule has 3 aromatic rings. The van der Waals surface area contributed by atoms with Crippen LogP contribution in [0.25, 0.3) is 0 Å². The number of rotatable bonds is 4. The van der Waals surface area contributed by atoms with Crippen LogP contribution in [0.3, 0.4) is 0 Å². The molecule has 4 rings (SSSR count). The van der Waals surface area contributed by atoms with Crippen molar-refractivity contribution in [1.29, 1.82) is 0 Å². The Morgan fingerprint density at radius 2 is 2.03 bits per heavy atom. The lowest BCUT2D eigenvalue weighted by atomic mass is 10.1. The molecule has 0 saturated carbocycles. The fraction of sp³-hybridized carbons (Fsp3) is 0.263. The molecule has 3 heterocycles. The number of fused-ring (bicyclic) bond motifs is 1. The van der Waals surface area contributed by atoms with Gasteiger partial charge in [-0.3, -0.25) is 9.59 Å². The number of aromatic amines is 1. The lowest BCUT2D eigenvalue weighted by Gasteiger charge is -2.29. The lowest BCUT2D eigenvalue weighted by Crippen LogP contribution is -2.33. The Kier molecular flexibility index (Phi) is 5.21. The van der Waals surface area contributed by atoms with Crippen molar-refractivity contribution in [2.75, 3.05) is 11.4 Å². The predicted molar refractivity (Wildman–Crippen MR) is 106 cm³/mol. The maximum Gasteiger partial charge on any atom is 0.416 e. The van der Waals surface area contributed by atoms with E-state index in [1.807, 2.05) is 0 Å². The summed E-state index contributed by atoms with van der Waals surface area (Å²) < 4.78 is 41.7. The quantitative estimate of drug-likeness (QED) is 0.631. The highest BCUT2D eigenvalue weighted by Crippen LogP contribution is 2.33. The van der Waals surface area contributed by atoms with Crippen molar-refractivity contribution >= 4 is 23.2 Å². The Labute approximate surface area is 178 Å². The number of hydrogen-bond acceptors (Lipinski definition) is 5. The van der Waals surface area contributed by atoms with E-state index in [0.717, 1.165) is 6.07 Å². The summed E-state index contributed by atoms with van der Waals surface area (Å²) in [5.74, 6) is -0.972. The molecule has 0 fully saturated rings. The molecule has 0 atom stereocenters. The number of nitrogens with one attached hydrogen (secondary N) is 1. The molecule has 1 aliphatic rings. The number of alkyl halides is 3. The number of carbonyl (C=O) groups excluding carboxylic acids is 1. The lowest BCUT2D eigenvalue weighted by molar-refractivity contribution is -0.138. The summed E-state index contributed by atoms with van der Waals surface area (Å²) in [6.45, 7) is 0.376. The van der Waals surface area contributed by atoms with Crippen LogP contribution in [-0.4, -0.2) is 32.2 Å². The molecule has 0 saturated heterocycles. The second-order valence-electron chi connectivity index (χ2n) is 7.00. The molecule has 12 heteroatoms. The van der Waals surface area contributed by atoms with E-state index >= 15 is 0 Å². The van der Waals surface area contributed by atoms with Gasteiger partial charge in [0.2, 0.25) is 0 Å². The summed E-state index contributed by atoms with van der Waals surface area (Å²) in [5.41, 5.74) is 5.61. The molecule has 0 bridgehead atoms. The molecule has 2 aromatic heterocycles. The van der Waals surface area contributed by atoms with Gasteiger partial charge in [-0.1, -0.05) is 29.8 Å². The van der Waals surface area contributed by atoms with Gasteiger partial charge >= 0.3 is 6.18 Å². The van der Waals surface area contributed by atoms with E-state index < -0.39 is 23.2 Å². The number of anilines is 1. The van der Waals surface area contributed by atoms with Crippen molar-refractivity contribution in [2.45, 2.75) is 25.7 Å². The van der Waals surface area contributed by atoms with E-state index in [2.05, 4.69) is 15.2 Å². The van der Waals surface area contributed by atoms with Crippen LogP contribution >= 0.6 is 11.6 Å². The zero-order chi connectivity index (χ0) is 22.3. The average molecular weight is 453 g/mol. The molecule has 1 aliphatic heterocycles. The van der Waals surface area contributed by atoms with E-state index in [1.54, 1.807) is 4.90 Å². The number of imidazole rings is 1. The number of halogens is 4. The molecule has 31 heavy (non-hydrogen) atoms. The number of amides is 1. The van der Waals surface area contributed by atoms with Crippen molar-refractivity contribution in [3.05, 3.63) is 74.2 Å². The van der Waals surface area contributed by atoms with Gasteiger partial charge in [0.1, 0.15) is 5.02 Å². The summed E-state index contributed by atoms with van der Waals surface area (Å²) in [7, 11) is 0. The van der Waals surface area contributed by atoms with Crippen LogP contribution in [-0.2, 0) is 25.7 Å². The molecule has 3 N–H and O–H groups in total. The molecule has 1 amide bonds. The summed E-state index contributed by atoms with van der Waals surface area (Å²) in [6, 6.07) is 5.16. The Bertz CT molecular complexity index is 1220. The monoisotopic (exact) mass is 452 g/mol. The first-order valence-electron chi connectivity index (χ1n) is 9.18. The molecule has 162 valence electrons. The highest BCUT2D eigenvalue weighted by atomic mass is 35.5. The van der Waals surface area contributed by atoms with Gasteiger partial charge in [-0.2, -0.15) is 18.3 Å². The summed E-state index contributed by atoms with van der Waals surface area (Å²) >= 11 is 6.08. The highest BCUT2D eigenvalue weighted by molar-refractivity contribution is 6.33. The van der Waals surface area contributed by atoms with Crippen molar-refractivity contribution < 1.29 is 18.0 Å². The van der Waals surface area contributed by atoms with Crippen molar-refractivity contribution in [1.82, 2.24) is 19.7 Å². The van der Waals surface area contributed by atoms with E-state index in [-0.39, 0.29) is 29.5 Å². The minimum Gasteiger partial charge on any atom is -0.363 e. The number of aromatic nitrogens is 4. The van der Waals surface area contributed by atoms with E-state index in [1.165, 1.54) is 29.0 Å². The normalized spacial score (nSPS) is 13.9. The highest BCUT2D eigenvalue weighted by Gasteiger charge is 2.34. The minimum absolute atomic E-state index is 0.00182. The number of primary amides is 1. The van der Waals surface area contributed by atoms with Gasteiger partial charge in [0.15, 0.2) is 5.82 Å². The van der Waals surface area contributed by atoms with Gasteiger partial charge in [-0.05, 0) is 11.6 Å². The third-order valence-electron chi connectivity index (χ3n) is 5.10. The maximum absolute atomic E-state index is 13.4. The van der Waals surface area contributed by atoms with Gasteiger partial charge in [-0.15, -0.1) is 0 Å². The van der Waals surface area contributed by atoms with E-state index in [9.17, 15) is 22.8 Å². The van der Waals surface area contributed by atoms with Gasteiger partial charge in [0, 0.05) is 18.7 Å². The van der Waals surface area contributed by atoms with Crippen molar-refractivity contribution in [3.63, 3.8) is 0 Å². The number of nitrogens with zero attached hydrogens (tertiary/aromatic N) is 4. The van der Waals surface area contributed by atoms with Crippen LogP contribution in [0.2, 0.25) is 5.02 Å². The Morgan fingerprint density at radius 1 is 1.29 bits per heavy atom. The molecule has 0 aliphatic carbocycles. The fourth-order valence-electron chi connectivity index (χ4n) is 3.71. The van der Waals surface area contributed by atoms with Gasteiger partial charge in [0.05, 0.1) is 36.2 Å². The molecule has 0 unspecified atom stereocenters. The first-order valence-corrected chi connectivity index (χ1v) is 9.56. The number of nitrogens with two attached hydrogens (primary N) is 1. The van der Waals surface area contributed by atoms with Crippen LogP contribution in [0.15, 0.2) is 35.3 Å². The Balaban J connectivity index is 1.73. The van der Waals surface area contributed by atoms with Crippen LogP contribution in [0, 0.1) is 0 Å². The second-order valence-corrected chi connectivity index (χ2v) is 7.38. The van der Waals surface area contributed by atoms with E-state index in [4.69, 9.17) is 17.3 Å². The Morgan fingerprint density at radius 3 is 2.74 bits per heavy atom. The standard InChI is InChI=1S/C19H16ClF3N6O2/c20-15-14(7-25-27-18(15)31)28-6-5-13-12(9-28)26-17(16(24)30)29(13)8-10-3-1-2-4-11(10)19(21,22)23/h1-4,7H,5-6,8-9H2,(H2,24,30)(H,27,31). The topological polar surface area (TPSA) is 110 Å². The summed E-state index contributed by atoms with van der Waals surface area (Å²) in [5, 5.41) is 5.94. The largest absolute Gasteiger partial charge is 0.416 e. The maximum atomic E-state index is 13.4. The summed E-state index contributed by atoms with van der Waals surface area (Å²) in [4.78, 5) is 29.8. The zero-order valence-electron chi connectivity index (χ0n) is 15.9. The molecule has 0 radical (unpaired) electrons. The minimum atomic E-state index is -4.54. The molecule has 8 nitrogen and oxygen atoms in total. The molecule has 0 spiro atoms. The molecule has 1 aromatic carbocycles. The van der Waals surface area contributed by atoms with Gasteiger partial charge in [0.25, 0.3) is 11.5 Å². The second kappa shape index (κ2) is 7.73. The fourth-order valence-corrected chi connectivity index (χ4v) is 3.92. The Hall–Kier alpha value is -3.34. The number of hydrogen-bond donors (Lipinski definition) is 2. The molecular formula is C19H16ClF3N6O2. The summed E-state index contributed by atoms with van der Waals surface area (Å²) in [6.07, 6.45) is -2.78. The number of carbonyl (C=O) groups is 1. The van der Waals surface area contributed by atoms with Crippen LogP contribution in [0.4, 0.5) is 18.9 Å². The first-order chi connectivity index (χ1) is 14.7. The van der Waals surface area contributed by atoms with Crippen LogP contribution < -0.4 is 16.2 Å². The smallest absolute Gasteiger partial charge is 0.363 e. The average Bonchev–Trinajstić information content (AvgIpc) is 3.07. The van der Waals surface area contributed by atoms with Crippen molar-refractivity contribution in [2.24, 2.45) is 5.73 Å². The van der Waals surface area contributed by atoms with Crippen LogP contribution in [0.1, 0.15) is 33.1 Å². The SMILES string of the molecule is NC(=O)c1nc2c(n1Cc1ccccc1C(F)(F)F)CCN(c1cn[nH]c(=O)c1Cl)C2. The zero-order valence-corrected chi connectivity index (χ0v) is 16.7. The number of benzene rings is 1. The van der Waals surface area contributed by atoms with Crippen molar-refractivity contribution in [3.8, 4) is 0 Å². The van der Waals surface area contributed by atoms with Gasteiger partial charge in [-0.25, -0.2) is 10.1 Å². The molecular weight excluding hydrogens is 437 g/mol. The van der Waals surface area contributed by atoms with Gasteiger partial charge < -0.3 is 15.2 Å². The number of H-pyrrole nitrogens is 1. The first kappa shape index (κ1) is 20.9. The van der Waals surface area contributed by atoms with E-state index in [0.29, 0.717) is 30.0 Å². The predicted octanol–water partition coefficient (Wildman–Crippen LogP) is 2.35. The third kappa shape index (κ3) is 3.88. The van der Waals surface area contributed by atoms with Crippen LogP contribution in [0.5, 0.6) is 0 Å². The third-order valence-corrected chi connectivity index (χ3v) is 5.47.